The monoisotopic (exact) mass is 256 g/mol. The van der Waals surface area contributed by atoms with Gasteiger partial charge in [0.2, 0.25) is 5.95 Å². The highest BCUT2D eigenvalue weighted by atomic mass is 32.1. The van der Waals surface area contributed by atoms with Gasteiger partial charge < -0.3 is 10.1 Å². The molecule has 0 spiro atoms. The van der Waals surface area contributed by atoms with Crippen molar-refractivity contribution in [3.63, 3.8) is 0 Å². The maximum atomic E-state index is 5.78. The molecule has 2 aromatic heterocycles. The van der Waals surface area contributed by atoms with Gasteiger partial charge in [-0.2, -0.15) is 0 Å². The number of H-pyrrole nitrogens is 1. The Morgan fingerprint density at radius 2 is 1.89 bits per heavy atom. The Kier molecular flexibility index (Phi) is 2.60. The summed E-state index contributed by atoms with van der Waals surface area (Å²) in [6, 6.07) is 10.1. The summed E-state index contributed by atoms with van der Waals surface area (Å²) in [6.45, 7) is 2.06. The second-order valence-corrected chi connectivity index (χ2v) is 4.92. The first-order valence-electron chi connectivity index (χ1n) is 5.57. The van der Waals surface area contributed by atoms with Gasteiger partial charge >= 0.3 is 0 Å². The highest BCUT2D eigenvalue weighted by Crippen LogP contribution is 2.28. The Balaban J connectivity index is 2.15. The number of anilines is 1. The highest BCUT2D eigenvalue weighted by Gasteiger charge is 2.10. The van der Waals surface area contributed by atoms with E-state index in [0.29, 0.717) is 5.95 Å². The van der Waals surface area contributed by atoms with E-state index in [1.807, 2.05) is 30.5 Å². The largest absolute Gasteiger partial charge is 0.368 e. The average Bonchev–Trinajstić information content (AvgIpc) is 2.26. The predicted molar refractivity (Wildman–Crippen MR) is 74.3 cm³/mol. The molecule has 0 saturated carbocycles. The van der Waals surface area contributed by atoms with Gasteiger partial charge in [0.25, 0.3) is 0 Å². The quantitative estimate of drug-likeness (QED) is 0.740. The van der Waals surface area contributed by atoms with Crippen molar-refractivity contribution in [1.82, 2.24) is 14.3 Å². The van der Waals surface area contributed by atoms with Crippen LogP contribution in [0.5, 0.6) is 0 Å². The van der Waals surface area contributed by atoms with Crippen molar-refractivity contribution in [2.45, 2.75) is 6.92 Å². The summed E-state index contributed by atoms with van der Waals surface area (Å²) in [4.78, 5) is 9.65. The van der Waals surface area contributed by atoms with Gasteiger partial charge in [0, 0.05) is 11.8 Å². The van der Waals surface area contributed by atoms with Crippen molar-refractivity contribution in [1.29, 1.82) is 0 Å². The number of aromatic amines is 1. The second-order valence-electron chi connectivity index (χ2n) is 4.04. The van der Waals surface area contributed by atoms with Crippen LogP contribution < -0.4 is 5.73 Å². The minimum absolute atomic E-state index is 0.305. The van der Waals surface area contributed by atoms with Crippen LogP contribution in [-0.2, 0) is 0 Å². The molecule has 90 valence electrons. The number of rotatable bonds is 2. The molecular formula is C13H12N4S. The minimum atomic E-state index is 0.305. The maximum absolute atomic E-state index is 5.78. The lowest BCUT2D eigenvalue weighted by Crippen LogP contribution is -1.99. The van der Waals surface area contributed by atoms with Gasteiger partial charge in [0.1, 0.15) is 0 Å². The Labute approximate surface area is 109 Å². The van der Waals surface area contributed by atoms with E-state index in [-0.39, 0.29) is 0 Å². The number of aromatic nitrogens is 3. The van der Waals surface area contributed by atoms with Crippen molar-refractivity contribution >= 4 is 17.5 Å². The number of hydrogen-bond donors (Lipinski definition) is 2. The highest BCUT2D eigenvalue weighted by molar-refractivity contribution is 7.10. The fraction of sp³-hybridized carbons (Fsp3) is 0.0769. The van der Waals surface area contributed by atoms with E-state index >= 15 is 0 Å². The van der Waals surface area contributed by atoms with Gasteiger partial charge in [0.05, 0.1) is 16.3 Å². The molecule has 3 rings (SSSR count). The lowest BCUT2D eigenvalue weighted by atomic mass is 10.1. The van der Waals surface area contributed by atoms with Gasteiger partial charge in [-0.25, -0.2) is 9.97 Å². The Morgan fingerprint density at radius 3 is 2.56 bits per heavy atom. The molecule has 0 amide bonds. The molecule has 0 radical (unpaired) electrons. The van der Waals surface area contributed by atoms with Crippen molar-refractivity contribution in [3.8, 4) is 21.8 Å². The fourth-order valence-corrected chi connectivity index (χ4v) is 2.28. The zero-order valence-corrected chi connectivity index (χ0v) is 10.7. The topological polar surface area (TPSA) is 67.6 Å². The summed E-state index contributed by atoms with van der Waals surface area (Å²) in [6.07, 6.45) is 1.91. The van der Waals surface area contributed by atoms with Crippen LogP contribution in [0.25, 0.3) is 21.8 Å². The first-order valence-corrected chi connectivity index (χ1v) is 6.39. The normalized spacial score (nSPS) is 10.7. The van der Waals surface area contributed by atoms with Crippen LogP contribution in [0.4, 0.5) is 5.95 Å². The molecule has 0 aliphatic rings. The molecule has 0 aliphatic carbocycles. The molecule has 18 heavy (non-hydrogen) atoms. The van der Waals surface area contributed by atoms with E-state index in [0.717, 1.165) is 21.8 Å². The zero-order valence-electron chi connectivity index (χ0n) is 9.84. The van der Waals surface area contributed by atoms with Gasteiger partial charge in [-0.15, -0.1) is 0 Å². The molecule has 0 unspecified atom stereocenters. The Bertz CT molecular complexity index is 675. The number of hydrogen-bond acceptors (Lipinski definition) is 4. The summed E-state index contributed by atoms with van der Waals surface area (Å²) >= 11 is 1.54. The summed E-state index contributed by atoms with van der Waals surface area (Å²) < 4.78 is 3.00. The molecular weight excluding hydrogens is 244 g/mol. The van der Waals surface area contributed by atoms with Crippen LogP contribution in [0, 0.1) is 6.92 Å². The smallest absolute Gasteiger partial charge is 0.221 e. The van der Waals surface area contributed by atoms with Crippen molar-refractivity contribution < 1.29 is 0 Å². The number of nitrogens with two attached hydrogens (primary N) is 1. The Morgan fingerprint density at radius 1 is 1.17 bits per heavy atom. The van der Waals surface area contributed by atoms with E-state index < -0.39 is 0 Å². The van der Waals surface area contributed by atoms with Crippen molar-refractivity contribution in [3.05, 3.63) is 42.1 Å². The first kappa shape index (κ1) is 11.0. The van der Waals surface area contributed by atoms with Crippen LogP contribution in [0.2, 0.25) is 0 Å². The SMILES string of the molecule is Cc1ccccc1-c1cc(-c2c[nH]s2)nc(N)n1. The van der Waals surface area contributed by atoms with Gasteiger partial charge in [0.15, 0.2) is 0 Å². The maximum Gasteiger partial charge on any atom is 0.221 e. The average molecular weight is 256 g/mol. The number of nitrogen functional groups attached to an aromatic ring is 1. The van der Waals surface area contributed by atoms with Crippen LogP contribution in [0.15, 0.2) is 36.5 Å². The Hall–Kier alpha value is -2.14. The van der Waals surface area contributed by atoms with E-state index in [4.69, 9.17) is 5.73 Å². The number of aryl methyl sites for hydroxylation is 1. The third-order valence-electron chi connectivity index (χ3n) is 2.78. The third kappa shape index (κ3) is 1.89. The molecule has 3 N–H and O–H groups in total. The second kappa shape index (κ2) is 4.27. The summed E-state index contributed by atoms with van der Waals surface area (Å²) in [5.41, 5.74) is 9.78. The van der Waals surface area contributed by atoms with Gasteiger partial charge in [-0.3, -0.25) is 0 Å². The first-order chi connectivity index (χ1) is 8.74. The predicted octanol–water partition coefficient (Wildman–Crippen LogP) is 3.09. The summed E-state index contributed by atoms with van der Waals surface area (Å²) in [5, 5.41) is 0. The number of nitrogens with one attached hydrogen (secondary N) is 1. The lowest BCUT2D eigenvalue weighted by Gasteiger charge is -2.08. The number of benzene rings is 1. The fourth-order valence-electron chi connectivity index (χ4n) is 1.83. The molecule has 0 aliphatic heterocycles. The van der Waals surface area contributed by atoms with Crippen LogP contribution in [-0.4, -0.2) is 14.3 Å². The standard InChI is InChI=1S/C13H12N4S/c1-8-4-2-3-5-9(8)10-6-11(12-7-15-18-12)17-13(14)16-10/h2-7,15H,1H3,(H2,14,16,17). The molecule has 1 aromatic carbocycles. The summed E-state index contributed by atoms with van der Waals surface area (Å²) in [5.74, 6) is 0.305. The van der Waals surface area contributed by atoms with Gasteiger partial charge in [-0.1, -0.05) is 35.8 Å². The van der Waals surface area contributed by atoms with Gasteiger partial charge in [-0.05, 0) is 18.6 Å². The van der Waals surface area contributed by atoms with E-state index in [9.17, 15) is 0 Å². The van der Waals surface area contributed by atoms with E-state index in [1.54, 1.807) is 11.5 Å². The van der Waals surface area contributed by atoms with Crippen LogP contribution in [0.3, 0.4) is 0 Å². The third-order valence-corrected chi connectivity index (χ3v) is 3.56. The summed E-state index contributed by atoms with van der Waals surface area (Å²) in [7, 11) is 0. The lowest BCUT2D eigenvalue weighted by molar-refractivity contribution is 1.19. The zero-order chi connectivity index (χ0) is 12.5. The molecule has 0 saturated heterocycles. The molecule has 0 atom stereocenters. The molecule has 5 heteroatoms. The van der Waals surface area contributed by atoms with E-state index in [2.05, 4.69) is 27.3 Å². The van der Waals surface area contributed by atoms with E-state index in [1.165, 1.54) is 5.56 Å². The molecule has 0 bridgehead atoms. The molecule has 4 nitrogen and oxygen atoms in total. The van der Waals surface area contributed by atoms with Crippen LogP contribution >= 0.6 is 11.5 Å². The van der Waals surface area contributed by atoms with Crippen molar-refractivity contribution in [2.24, 2.45) is 0 Å². The minimum Gasteiger partial charge on any atom is -0.368 e. The van der Waals surface area contributed by atoms with Crippen molar-refractivity contribution in [2.75, 3.05) is 5.73 Å². The molecule has 0 fully saturated rings. The molecule has 2 heterocycles. The number of nitrogens with zero attached hydrogens (tertiary/aromatic N) is 2. The molecule has 3 aromatic rings. The van der Waals surface area contributed by atoms with Crippen LogP contribution in [0.1, 0.15) is 5.56 Å².